The van der Waals surface area contributed by atoms with Gasteiger partial charge in [0.1, 0.15) is 0 Å². The van der Waals surface area contributed by atoms with E-state index >= 15 is 0 Å². The highest BCUT2D eigenvalue weighted by atomic mass is 35.5. The molecule has 0 fully saturated rings. The second-order valence-corrected chi connectivity index (χ2v) is 18.2. The molecule has 1 aliphatic heterocycles. The fraction of sp³-hybridized carbons (Fsp3) is 0.479. The number of nitrogens with one attached hydrogen (secondary N) is 1. The van der Waals surface area contributed by atoms with Gasteiger partial charge >= 0.3 is 0 Å². The quantitative estimate of drug-likeness (QED) is 0.0531. The predicted molar refractivity (Wildman–Crippen MR) is 244 cm³/mol. The van der Waals surface area contributed by atoms with E-state index in [1.165, 1.54) is 11.3 Å². The normalized spacial score (nSPS) is 17.7. The maximum atomic E-state index is 12.5. The molecular weight excluding hydrogens is 798 g/mol. The first-order valence-corrected chi connectivity index (χ1v) is 23.6. The van der Waals surface area contributed by atoms with Crippen molar-refractivity contribution in [1.29, 1.82) is 0 Å². The van der Waals surface area contributed by atoms with Crippen LogP contribution in [0.1, 0.15) is 77.7 Å². The predicted octanol–water partition coefficient (Wildman–Crippen LogP) is 8.64. The minimum Gasteiger partial charge on any atom is -0.379 e. The van der Waals surface area contributed by atoms with E-state index in [-0.39, 0.29) is 23.1 Å². The first kappa shape index (κ1) is 45.6. The number of hydrogen-bond acceptors (Lipinski definition) is 7. The Hall–Kier alpha value is -3.97. The number of rotatable bonds is 24. The maximum absolute atomic E-state index is 12.5. The molecule has 1 aromatic heterocycles. The van der Waals surface area contributed by atoms with Crippen LogP contribution in [0.5, 0.6) is 0 Å². The van der Waals surface area contributed by atoms with Crippen LogP contribution in [0.25, 0.3) is 27.8 Å². The number of nitrogens with zero attached hydrogens (tertiary/aromatic N) is 2. The van der Waals surface area contributed by atoms with E-state index < -0.39 is 10.1 Å². The third kappa shape index (κ3) is 11.7. The fourth-order valence-electron chi connectivity index (χ4n) is 8.61. The van der Waals surface area contributed by atoms with Crippen molar-refractivity contribution in [3.63, 3.8) is 0 Å². The van der Waals surface area contributed by atoms with Crippen molar-refractivity contribution < 1.29 is 32.0 Å². The summed E-state index contributed by atoms with van der Waals surface area (Å²) in [5, 5.41) is 8.10. The number of benzene rings is 3. The minimum absolute atomic E-state index is 0.0569. The average molecular weight is 861 g/mol. The maximum Gasteiger partial charge on any atom is 0.264 e. The number of halogens is 1. The molecule has 1 amide bonds. The van der Waals surface area contributed by atoms with Crippen molar-refractivity contribution in [2.24, 2.45) is 0 Å². The van der Waals surface area contributed by atoms with E-state index in [1.54, 1.807) is 0 Å². The molecule has 60 heavy (non-hydrogen) atoms. The molecule has 3 aromatic carbocycles. The van der Waals surface area contributed by atoms with E-state index in [1.807, 2.05) is 12.1 Å². The average Bonchev–Trinajstić information content (AvgIpc) is 3.81. The number of carbonyl (C=O) groups excluding carboxylic acids is 1. The molecule has 1 aliphatic carbocycles. The van der Waals surface area contributed by atoms with Gasteiger partial charge in [-0.05, 0) is 78.8 Å². The molecule has 0 radical (unpaired) electrons. The van der Waals surface area contributed by atoms with Gasteiger partial charge in [-0.25, -0.2) is 0 Å². The Labute approximate surface area is 361 Å². The Kier molecular flexibility index (Phi) is 16.5. The molecule has 4 aromatic rings. The highest BCUT2D eigenvalue weighted by molar-refractivity contribution is 7.85. The zero-order valence-electron chi connectivity index (χ0n) is 35.5. The van der Waals surface area contributed by atoms with Crippen LogP contribution in [0.15, 0.2) is 95.1 Å². The lowest BCUT2D eigenvalue weighted by molar-refractivity contribution is -0.121. The zero-order chi connectivity index (χ0) is 42.5. The van der Waals surface area contributed by atoms with Crippen LogP contribution in [-0.4, -0.2) is 88.0 Å². The summed E-state index contributed by atoms with van der Waals surface area (Å²) in [4.78, 5) is 15.0. The topological polar surface area (TPSA) is 119 Å². The minimum atomic E-state index is -4.06. The summed E-state index contributed by atoms with van der Waals surface area (Å²) in [6.45, 7) is 11.9. The van der Waals surface area contributed by atoms with Gasteiger partial charge < -0.3 is 29.0 Å². The van der Waals surface area contributed by atoms with E-state index in [0.29, 0.717) is 59.0 Å². The van der Waals surface area contributed by atoms with Gasteiger partial charge in [-0.15, -0.1) is 0 Å². The van der Waals surface area contributed by atoms with E-state index in [2.05, 4.69) is 108 Å². The summed E-state index contributed by atoms with van der Waals surface area (Å²) in [6.07, 6.45) is 15.0. The van der Waals surface area contributed by atoms with Crippen molar-refractivity contribution >= 4 is 61.1 Å². The summed E-state index contributed by atoms with van der Waals surface area (Å²) < 4.78 is 51.1. The van der Waals surface area contributed by atoms with Crippen LogP contribution in [0, 0.1) is 0 Å². The summed E-state index contributed by atoms with van der Waals surface area (Å²) in [5.74, 6) is -0.236. The Bertz CT molecular complexity index is 2330. The number of amides is 1. The number of anilines is 1. The number of fused-ring (bicyclic) bond motifs is 1. The molecule has 0 bridgehead atoms. The summed E-state index contributed by atoms with van der Waals surface area (Å²) >= 11 is 7.14. The van der Waals surface area contributed by atoms with Crippen LogP contribution in [-0.2, 0) is 41.1 Å². The molecule has 2 heterocycles. The van der Waals surface area contributed by atoms with Gasteiger partial charge in [0.05, 0.1) is 44.8 Å². The molecule has 1 atom stereocenters. The van der Waals surface area contributed by atoms with E-state index in [0.717, 1.165) is 94.9 Å². The first-order valence-electron chi connectivity index (χ1n) is 21.6. The SMILES string of the molecule is CCCOCCOCCOCCNC(=O)CCCCCN1c2ccccc2C(C)(C)C1/C=C/C1=C(Cl)C(=C/C=c2\c3cccc4cccc(c43)n2CCCS(=O)(=O)O)/CC1. The van der Waals surface area contributed by atoms with Gasteiger partial charge in [0.25, 0.3) is 10.1 Å². The number of aryl methyl sites for hydroxylation is 1. The summed E-state index contributed by atoms with van der Waals surface area (Å²) in [5.41, 5.74) is 5.71. The van der Waals surface area contributed by atoms with E-state index in [4.69, 9.17) is 25.8 Å². The number of carbonyl (C=O) groups is 1. The molecule has 0 saturated carbocycles. The Morgan fingerprint density at radius 1 is 0.883 bits per heavy atom. The van der Waals surface area contributed by atoms with Gasteiger partial charge in [0.15, 0.2) is 0 Å². The number of unbranched alkanes of at least 4 members (excludes halogenated alkanes) is 2. The first-order chi connectivity index (χ1) is 29.0. The lowest BCUT2D eigenvalue weighted by Crippen LogP contribution is -2.40. The number of allylic oxidation sites excluding steroid dienone is 5. The van der Waals surface area contributed by atoms with Crippen molar-refractivity contribution in [1.82, 2.24) is 9.88 Å². The molecule has 0 spiro atoms. The van der Waals surface area contributed by atoms with Gasteiger partial charge in [-0.1, -0.05) is 106 Å². The standard InChI is InChI=1S/C48H62ClN3O7S/c1-4-29-57-31-33-59-34-32-58-30-26-50-45(53)19-6-5-9-27-52-42-17-8-7-16-40(42)48(2,3)44(52)25-23-38-21-20-37(47(38)49)22-24-41-39-15-10-13-36-14-11-18-43(46(36)39)51(41)28-12-35-60(54,55)56/h7-8,10-11,13-18,22-25,44H,4-6,9,12,19-21,26-35H2,1-3H3,(H,50,53)(H,54,55,56)/b25-23+,37-22+,41-24+. The van der Waals surface area contributed by atoms with E-state index in [9.17, 15) is 17.8 Å². The molecule has 0 saturated heterocycles. The van der Waals surface area contributed by atoms with Crippen molar-refractivity contribution in [2.75, 3.05) is 63.4 Å². The number of hydrogen-bond donors (Lipinski definition) is 2. The van der Waals surface area contributed by atoms with Gasteiger partial charge in [-0.2, -0.15) is 8.42 Å². The number of para-hydroxylation sites is 1. The van der Waals surface area contributed by atoms with Gasteiger partial charge in [0.2, 0.25) is 5.91 Å². The molecule has 1 unspecified atom stereocenters. The van der Waals surface area contributed by atoms with Gasteiger partial charge in [-0.3, -0.25) is 9.35 Å². The molecular formula is C48H62ClN3O7S. The third-order valence-corrected chi connectivity index (χ3v) is 12.9. The van der Waals surface area contributed by atoms with Crippen molar-refractivity contribution in [3.8, 4) is 0 Å². The van der Waals surface area contributed by atoms with Gasteiger partial charge in [0, 0.05) is 70.4 Å². The van der Waals surface area contributed by atoms with Crippen LogP contribution < -0.4 is 15.6 Å². The van der Waals surface area contributed by atoms with Crippen molar-refractivity contribution in [2.45, 2.75) is 90.1 Å². The third-order valence-electron chi connectivity index (χ3n) is 11.6. The Balaban J connectivity index is 1.06. The largest absolute Gasteiger partial charge is 0.379 e. The number of aromatic nitrogens is 1. The highest BCUT2D eigenvalue weighted by Gasteiger charge is 2.42. The fourth-order valence-corrected chi connectivity index (χ4v) is 9.42. The Morgan fingerprint density at radius 3 is 2.38 bits per heavy atom. The molecule has 10 nitrogen and oxygen atoms in total. The molecule has 2 aliphatic rings. The molecule has 2 N–H and O–H groups in total. The van der Waals surface area contributed by atoms with Crippen LogP contribution in [0.3, 0.4) is 0 Å². The smallest absolute Gasteiger partial charge is 0.264 e. The lowest BCUT2D eigenvalue weighted by Gasteiger charge is -2.32. The lowest BCUT2D eigenvalue weighted by atomic mass is 9.80. The Morgan fingerprint density at radius 2 is 1.62 bits per heavy atom. The van der Waals surface area contributed by atoms with Crippen molar-refractivity contribution in [3.05, 3.63) is 106 Å². The summed E-state index contributed by atoms with van der Waals surface area (Å²) in [6, 6.07) is 21.2. The monoisotopic (exact) mass is 859 g/mol. The summed E-state index contributed by atoms with van der Waals surface area (Å²) in [7, 11) is -4.06. The second-order valence-electron chi connectivity index (χ2n) is 16.3. The zero-order valence-corrected chi connectivity index (χ0v) is 37.0. The number of ether oxygens (including phenoxy) is 3. The van der Waals surface area contributed by atoms with Crippen LogP contribution in [0.4, 0.5) is 5.69 Å². The molecule has 324 valence electrons. The highest BCUT2D eigenvalue weighted by Crippen LogP contribution is 2.46. The molecule has 6 rings (SSSR count). The van der Waals surface area contributed by atoms with Crippen LogP contribution in [0.2, 0.25) is 0 Å². The van der Waals surface area contributed by atoms with Crippen LogP contribution >= 0.6 is 11.6 Å². The molecule has 12 heteroatoms. The second kappa shape index (κ2) is 21.7.